The normalized spacial score (nSPS) is 25.3. The minimum Gasteiger partial charge on any atom is -0.399 e. The zero-order chi connectivity index (χ0) is 18.4. The standard InChI is InChI=1S/C18H26BClN2O3/c1-17(2)18(3,4)25-19(24-17)14-8-7-12(10-15(14)20)16(23)22-9-5-6-13(21)11-22/h7-8,10,13H,5-6,9,11,21H2,1-4H3. The number of amides is 1. The van der Waals surface area contributed by atoms with Crippen LogP contribution in [-0.2, 0) is 9.31 Å². The van der Waals surface area contributed by atoms with E-state index in [0.29, 0.717) is 17.1 Å². The predicted octanol–water partition coefficient (Wildman–Crippen LogP) is 2.20. The van der Waals surface area contributed by atoms with E-state index in [1.165, 1.54) is 0 Å². The second-order valence-electron chi connectivity index (χ2n) is 7.98. The highest BCUT2D eigenvalue weighted by Crippen LogP contribution is 2.37. The van der Waals surface area contributed by atoms with E-state index in [2.05, 4.69) is 0 Å². The van der Waals surface area contributed by atoms with E-state index in [1.807, 2.05) is 33.8 Å². The molecule has 2 heterocycles. The summed E-state index contributed by atoms with van der Waals surface area (Å²) in [6.45, 7) is 9.33. The van der Waals surface area contributed by atoms with Crippen LogP contribution in [0.4, 0.5) is 0 Å². The molecule has 0 aliphatic carbocycles. The summed E-state index contributed by atoms with van der Waals surface area (Å²) < 4.78 is 12.1. The number of nitrogens with zero attached hydrogens (tertiary/aromatic N) is 1. The Hall–Kier alpha value is -1.08. The van der Waals surface area contributed by atoms with Gasteiger partial charge in [0.15, 0.2) is 0 Å². The van der Waals surface area contributed by atoms with Gasteiger partial charge in [0.25, 0.3) is 5.91 Å². The van der Waals surface area contributed by atoms with Gasteiger partial charge in [-0.2, -0.15) is 0 Å². The maximum atomic E-state index is 12.7. The van der Waals surface area contributed by atoms with Gasteiger partial charge in [0.2, 0.25) is 0 Å². The lowest BCUT2D eigenvalue weighted by Gasteiger charge is -2.32. The predicted molar refractivity (Wildman–Crippen MR) is 100 cm³/mol. The molecule has 0 aromatic heterocycles. The van der Waals surface area contributed by atoms with E-state index in [4.69, 9.17) is 26.6 Å². The molecule has 1 amide bonds. The van der Waals surface area contributed by atoms with E-state index < -0.39 is 18.3 Å². The van der Waals surface area contributed by atoms with Gasteiger partial charge < -0.3 is 19.9 Å². The largest absolute Gasteiger partial charge is 0.496 e. The number of piperidine rings is 1. The molecule has 2 N–H and O–H groups in total. The van der Waals surface area contributed by atoms with Crippen LogP contribution in [0.25, 0.3) is 0 Å². The van der Waals surface area contributed by atoms with Crippen LogP contribution in [-0.4, -0.2) is 48.3 Å². The van der Waals surface area contributed by atoms with Gasteiger partial charge in [-0.05, 0) is 52.7 Å². The topological polar surface area (TPSA) is 64.8 Å². The molecule has 0 radical (unpaired) electrons. The molecule has 5 nitrogen and oxygen atoms in total. The first-order chi connectivity index (χ1) is 11.6. The number of hydrogen-bond acceptors (Lipinski definition) is 4. The van der Waals surface area contributed by atoms with Crippen molar-refractivity contribution in [1.82, 2.24) is 4.90 Å². The number of carbonyl (C=O) groups excluding carboxylic acids is 1. The lowest BCUT2D eigenvalue weighted by molar-refractivity contribution is 0.00578. The van der Waals surface area contributed by atoms with Crippen molar-refractivity contribution < 1.29 is 14.1 Å². The highest BCUT2D eigenvalue weighted by Gasteiger charge is 2.52. The highest BCUT2D eigenvalue weighted by atomic mass is 35.5. The molecule has 1 atom stereocenters. The molecule has 25 heavy (non-hydrogen) atoms. The van der Waals surface area contributed by atoms with E-state index >= 15 is 0 Å². The molecule has 1 unspecified atom stereocenters. The summed E-state index contributed by atoms with van der Waals surface area (Å²) in [6.07, 6.45) is 1.90. The van der Waals surface area contributed by atoms with Gasteiger partial charge in [0, 0.05) is 35.2 Å². The monoisotopic (exact) mass is 364 g/mol. The van der Waals surface area contributed by atoms with Gasteiger partial charge in [0.1, 0.15) is 0 Å². The maximum Gasteiger partial charge on any atom is 0.496 e. The molecule has 0 bridgehead atoms. The van der Waals surface area contributed by atoms with Crippen molar-refractivity contribution in [3.63, 3.8) is 0 Å². The van der Waals surface area contributed by atoms with Gasteiger partial charge in [-0.15, -0.1) is 0 Å². The number of hydrogen-bond donors (Lipinski definition) is 1. The van der Waals surface area contributed by atoms with Crippen molar-refractivity contribution in [2.75, 3.05) is 13.1 Å². The van der Waals surface area contributed by atoms with Gasteiger partial charge in [-0.3, -0.25) is 4.79 Å². The van der Waals surface area contributed by atoms with Crippen LogP contribution in [0.3, 0.4) is 0 Å². The van der Waals surface area contributed by atoms with Crippen molar-refractivity contribution in [2.24, 2.45) is 5.73 Å². The van der Waals surface area contributed by atoms with Crippen LogP contribution in [0.1, 0.15) is 50.9 Å². The second kappa shape index (κ2) is 6.58. The third-order valence-corrected chi connectivity index (χ3v) is 5.83. The van der Waals surface area contributed by atoms with E-state index in [-0.39, 0.29) is 11.9 Å². The van der Waals surface area contributed by atoms with E-state index in [9.17, 15) is 4.79 Å². The SMILES string of the molecule is CC1(C)OB(c2ccc(C(=O)N3CCCC(N)C3)cc2Cl)OC1(C)C. The van der Waals surface area contributed by atoms with Gasteiger partial charge in [-0.1, -0.05) is 17.7 Å². The number of nitrogens with two attached hydrogens (primary N) is 1. The summed E-state index contributed by atoms with van der Waals surface area (Å²) in [4.78, 5) is 14.5. The molecule has 7 heteroatoms. The maximum absolute atomic E-state index is 12.7. The van der Waals surface area contributed by atoms with Crippen LogP contribution in [0.5, 0.6) is 0 Å². The van der Waals surface area contributed by atoms with Crippen molar-refractivity contribution in [2.45, 2.75) is 57.8 Å². The number of likely N-dealkylation sites (tertiary alicyclic amines) is 1. The summed E-state index contributed by atoms with van der Waals surface area (Å²) in [5.41, 5.74) is 6.42. The van der Waals surface area contributed by atoms with E-state index in [0.717, 1.165) is 24.8 Å². The average molecular weight is 365 g/mol. The van der Waals surface area contributed by atoms with Gasteiger partial charge in [-0.25, -0.2) is 0 Å². The van der Waals surface area contributed by atoms with Crippen molar-refractivity contribution in [3.05, 3.63) is 28.8 Å². The van der Waals surface area contributed by atoms with Gasteiger partial charge in [0.05, 0.1) is 11.2 Å². The van der Waals surface area contributed by atoms with Crippen LogP contribution in [0.15, 0.2) is 18.2 Å². The Bertz CT molecular complexity index is 664. The molecule has 0 spiro atoms. The summed E-state index contributed by atoms with van der Waals surface area (Å²) >= 11 is 6.45. The molecule has 2 saturated heterocycles. The summed E-state index contributed by atoms with van der Waals surface area (Å²) in [7, 11) is -0.537. The molecule has 3 rings (SSSR count). The van der Waals surface area contributed by atoms with E-state index in [1.54, 1.807) is 17.0 Å². The fraction of sp³-hybridized carbons (Fsp3) is 0.611. The molecule has 1 aromatic carbocycles. The molecular weight excluding hydrogens is 338 g/mol. The fourth-order valence-corrected chi connectivity index (χ4v) is 3.47. The van der Waals surface area contributed by atoms with Crippen LogP contribution < -0.4 is 11.2 Å². The number of halogens is 1. The number of benzene rings is 1. The lowest BCUT2D eigenvalue weighted by Crippen LogP contribution is -2.45. The van der Waals surface area contributed by atoms with Crippen LogP contribution >= 0.6 is 11.6 Å². The lowest BCUT2D eigenvalue weighted by atomic mass is 9.78. The first kappa shape index (κ1) is 18.7. The highest BCUT2D eigenvalue weighted by molar-refractivity contribution is 6.65. The Labute approximate surface area is 154 Å². The quantitative estimate of drug-likeness (QED) is 0.817. The Balaban J connectivity index is 1.79. The molecule has 0 saturated carbocycles. The van der Waals surface area contributed by atoms with Crippen LogP contribution in [0, 0.1) is 0 Å². The third-order valence-electron chi connectivity index (χ3n) is 5.50. The van der Waals surface area contributed by atoms with Crippen molar-refractivity contribution >= 4 is 30.1 Å². The second-order valence-corrected chi connectivity index (χ2v) is 8.39. The average Bonchev–Trinajstić information content (AvgIpc) is 2.74. The Morgan fingerprint density at radius 3 is 2.48 bits per heavy atom. The third kappa shape index (κ3) is 3.58. The minimum absolute atomic E-state index is 0.0301. The number of carbonyl (C=O) groups is 1. The summed E-state index contributed by atoms with van der Waals surface area (Å²) in [5, 5.41) is 0.477. The molecule has 2 aliphatic rings. The Morgan fingerprint density at radius 1 is 1.28 bits per heavy atom. The first-order valence-corrected chi connectivity index (χ1v) is 9.18. The molecule has 136 valence electrons. The summed E-state index contributed by atoms with van der Waals surface area (Å²) in [5.74, 6) is -0.0301. The number of rotatable bonds is 2. The summed E-state index contributed by atoms with van der Waals surface area (Å²) in [6, 6.07) is 5.36. The molecule has 2 aliphatic heterocycles. The smallest absolute Gasteiger partial charge is 0.399 e. The molecule has 2 fully saturated rings. The van der Waals surface area contributed by atoms with Crippen molar-refractivity contribution in [1.29, 1.82) is 0 Å². The van der Waals surface area contributed by atoms with Crippen LogP contribution in [0.2, 0.25) is 5.02 Å². The minimum atomic E-state index is -0.537. The zero-order valence-electron chi connectivity index (χ0n) is 15.3. The van der Waals surface area contributed by atoms with Crippen molar-refractivity contribution in [3.8, 4) is 0 Å². The molecular formula is C18H26BClN2O3. The Morgan fingerprint density at radius 2 is 1.92 bits per heavy atom. The zero-order valence-corrected chi connectivity index (χ0v) is 16.1. The fourth-order valence-electron chi connectivity index (χ4n) is 3.20. The van der Waals surface area contributed by atoms with Gasteiger partial charge >= 0.3 is 7.12 Å². The molecule has 1 aromatic rings. The first-order valence-electron chi connectivity index (χ1n) is 8.81. The Kier molecular flexibility index (Phi) is 4.92.